The van der Waals surface area contributed by atoms with Crippen LogP contribution in [0.2, 0.25) is 0 Å². The van der Waals surface area contributed by atoms with E-state index >= 15 is 0 Å². The van der Waals surface area contributed by atoms with Crippen molar-refractivity contribution in [2.75, 3.05) is 12.3 Å². The summed E-state index contributed by atoms with van der Waals surface area (Å²) in [5, 5.41) is 16.1. The molecule has 7 nitrogen and oxygen atoms in total. The molecule has 16 heavy (non-hydrogen) atoms. The zero-order chi connectivity index (χ0) is 12.2. The van der Waals surface area contributed by atoms with Crippen LogP contribution in [0, 0.1) is 0 Å². The van der Waals surface area contributed by atoms with Crippen LogP contribution < -0.4 is 10.5 Å². The van der Waals surface area contributed by atoms with Crippen LogP contribution in [0.15, 0.2) is 16.5 Å². The van der Waals surface area contributed by atoms with Gasteiger partial charge in [-0.3, -0.25) is 0 Å². The van der Waals surface area contributed by atoms with Gasteiger partial charge in [0.15, 0.2) is 0 Å². The number of hydrogen-bond donors (Lipinski definition) is 3. The third-order valence-corrected chi connectivity index (χ3v) is 2.51. The highest BCUT2D eigenvalue weighted by molar-refractivity contribution is 7.89. The van der Waals surface area contributed by atoms with E-state index in [1.165, 1.54) is 12.1 Å². The Morgan fingerprint density at radius 1 is 1.50 bits per heavy atom. The van der Waals surface area contributed by atoms with Crippen molar-refractivity contribution in [3.63, 3.8) is 0 Å². The summed E-state index contributed by atoms with van der Waals surface area (Å²) in [6, 6.07) is 2.84. The minimum Gasteiger partial charge on any atom is -0.475 e. The van der Waals surface area contributed by atoms with E-state index in [0.29, 0.717) is 5.76 Å². The first kappa shape index (κ1) is 12.7. The van der Waals surface area contributed by atoms with Crippen molar-refractivity contribution in [2.45, 2.75) is 6.54 Å². The van der Waals surface area contributed by atoms with Crippen molar-refractivity contribution in [1.82, 2.24) is 5.32 Å². The van der Waals surface area contributed by atoms with E-state index in [0.717, 1.165) is 0 Å². The summed E-state index contributed by atoms with van der Waals surface area (Å²) in [6.07, 6.45) is 0. The average molecular weight is 248 g/mol. The van der Waals surface area contributed by atoms with Gasteiger partial charge in [-0.05, 0) is 12.1 Å². The molecule has 0 radical (unpaired) electrons. The van der Waals surface area contributed by atoms with Crippen LogP contribution in [0.4, 0.5) is 0 Å². The highest BCUT2D eigenvalue weighted by Crippen LogP contribution is 2.06. The smallest absolute Gasteiger partial charge is 0.371 e. The fourth-order valence-electron chi connectivity index (χ4n) is 1.01. The van der Waals surface area contributed by atoms with E-state index in [4.69, 9.17) is 14.7 Å². The topological polar surface area (TPSA) is 123 Å². The average Bonchev–Trinajstić information content (AvgIpc) is 2.59. The van der Waals surface area contributed by atoms with Crippen molar-refractivity contribution in [3.8, 4) is 0 Å². The standard InChI is InChI=1S/C8H12N2O5S/c9-16(13,14)4-3-10-5-6-1-2-7(15-6)8(11)12/h1-2,10H,3-5H2,(H,11,12)(H2,9,13,14). The molecule has 1 aromatic heterocycles. The predicted molar refractivity (Wildman–Crippen MR) is 55.3 cm³/mol. The Kier molecular flexibility index (Phi) is 4.05. The van der Waals surface area contributed by atoms with Gasteiger partial charge in [-0.1, -0.05) is 0 Å². The molecular formula is C8H12N2O5S. The Morgan fingerprint density at radius 3 is 2.69 bits per heavy atom. The molecule has 90 valence electrons. The minimum absolute atomic E-state index is 0.150. The molecule has 1 heterocycles. The lowest BCUT2D eigenvalue weighted by Gasteiger charge is -2.00. The van der Waals surface area contributed by atoms with Gasteiger partial charge in [-0.25, -0.2) is 18.4 Å². The number of rotatable bonds is 6. The molecule has 8 heteroatoms. The van der Waals surface area contributed by atoms with Crippen LogP contribution in [0.1, 0.15) is 16.3 Å². The lowest BCUT2D eigenvalue weighted by atomic mass is 10.4. The molecule has 0 amide bonds. The van der Waals surface area contributed by atoms with Crippen LogP contribution in [0.5, 0.6) is 0 Å². The van der Waals surface area contributed by atoms with Crippen molar-refractivity contribution in [1.29, 1.82) is 0 Å². The van der Waals surface area contributed by atoms with Gasteiger partial charge in [-0.15, -0.1) is 0 Å². The van der Waals surface area contributed by atoms with E-state index in [9.17, 15) is 13.2 Å². The Bertz CT molecular complexity index is 465. The minimum atomic E-state index is -3.47. The van der Waals surface area contributed by atoms with Crippen LogP contribution in [0.3, 0.4) is 0 Å². The van der Waals surface area contributed by atoms with Crippen molar-refractivity contribution in [2.24, 2.45) is 5.14 Å². The van der Waals surface area contributed by atoms with E-state index in [1.807, 2.05) is 0 Å². The maximum atomic E-state index is 10.6. The highest BCUT2D eigenvalue weighted by Gasteiger charge is 2.08. The molecular weight excluding hydrogens is 236 g/mol. The second-order valence-electron chi connectivity index (χ2n) is 3.11. The lowest BCUT2D eigenvalue weighted by Crippen LogP contribution is -2.26. The summed E-state index contributed by atoms with van der Waals surface area (Å²) >= 11 is 0. The molecule has 0 aromatic carbocycles. The first-order chi connectivity index (χ1) is 7.38. The fourth-order valence-corrected chi connectivity index (χ4v) is 1.44. The Balaban J connectivity index is 2.35. The molecule has 4 N–H and O–H groups in total. The van der Waals surface area contributed by atoms with Crippen molar-refractivity contribution >= 4 is 16.0 Å². The van der Waals surface area contributed by atoms with E-state index in [1.54, 1.807) is 0 Å². The van der Waals surface area contributed by atoms with Gasteiger partial charge >= 0.3 is 5.97 Å². The number of aromatic carboxylic acids is 1. The molecule has 0 saturated carbocycles. The highest BCUT2D eigenvalue weighted by atomic mass is 32.2. The number of sulfonamides is 1. The SMILES string of the molecule is NS(=O)(=O)CCNCc1ccc(C(=O)O)o1. The number of nitrogens with one attached hydrogen (secondary N) is 1. The van der Waals surface area contributed by atoms with Gasteiger partial charge in [-0.2, -0.15) is 0 Å². The van der Waals surface area contributed by atoms with Gasteiger partial charge in [0.2, 0.25) is 15.8 Å². The van der Waals surface area contributed by atoms with Crippen molar-refractivity contribution < 1.29 is 22.7 Å². The van der Waals surface area contributed by atoms with Crippen LogP contribution in [-0.2, 0) is 16.6 Å². The largest absolute Gasteiger partial charge is 0.475 e. The summed E-state index contributed by atoms with van der Waals surface area (Å²) in [4.78, 5) is 10.5. The normalized spacial score (nSPS) is 11.6. The molecule has 0 aliphatic rings. The number of carbonyl (C=O) groups is 1. The molecule has 0 spiro atoms. The summed E-state index contributed by atoms with van der Waals surface area (Å²) < 4.78 is 26.1. The molecule has 1 aromatic rings. The number of primary sulfonamides is 1. The first-order valence-corrected chi connectivity index (χ1v) is 6.13. The zero-order valence-electron chi connectivity index (χ0n) is 8.34. The van der Waals surface area contributed by atoms with Gasteiger partial charge in [0, 0.05) is 6.54 Å². The second kappa shape index (κ2) is 5.10. The Morgan fingerprint density at radius 2 is 2.19 bits per heavy atom. The number of carboxylic acids is 1. The molecule has 0 aliphatic carbocycles. The zero-order valence-corrected chi connectivity index (χ0v) is 9.16. The van der Waals surface area contributed by atoms with Crippen LogP contribution >= 0.6 is 0 Å². The summed E-state index contributed by atoms with van der Waals surface area (Å²) in [5.41, 5.74) is 0. The summed E-state index contributed by atoms with van der Waals surface area (Å²) in [6.45, 7) is 0.435. The van der Waals surface area contributed by atoms with E-state index in [2.05, 4.69) is 5.32 Å². The molecule has 0 unspecified atom stereocenters. The lowest BCUT2D eigenvalue weighted by molar-refractivity contribution is 0.0660. The maximum absolute atomic E-state index is 10.6. The molecule has 0 bridgehead atoms. The van der Waals surface area contributed by atoms with Crippen LogP contribution in [-0.4, -0.2) is 31.8 Å². The first-order valence-electron chi connectivity index (χ1n) is 4.42. The van der Waals surface area contributed by atoms with Gasteiger partial charge in [0.25, 0.3) is 0 Å². The summed E-state index contributed by atoms with van der Waals surface area (Å²) in [7, 11) is -3.47. The molecule has 0 fully saturated rings. The molecule has 0 saturated heterocycles. The number of carboxylic acid groups (broad SMARTS) is 1. The monoisotopic (exact) mass is 248 g/mol. The number of furan rings is 1. The molecule has 1 rings (SSSR count). The van der Waals surface area contributed by atoms with Gasteiger partial charge in [0.05, 0.1) is 12.3 Å². The molecule has 0 atom stereocenters. The third-order valence-electron chi connectivity index (χ3n) is 1.74. The number of nitrogens with two attached hydrogens (primary N) is 1. The quantitative estimate of drug-likeness (QED) is 0.575. The predicted octanol–water partition coefficient (Wildman–Crippen LogP) is -0.644. The fraction of sp³-hybridized carbons (Fsp3) is 0.375. The van der Waals surface area contributed by atoms with Gasteiger partial charge < -0.3 is 14.8 Å². The third kappa shape index (κ3) is 4.43. The molecule has 0 aliphatic heterocycles. The maximum Gasteiger partial charge on any atom is 0.371 e. The summed E-state index contributed by atoms with van der Waals surface area (Å²) in [5.74, 6) is -1.05. The second-order valence-corrected chi connectivity index (χ2v) is 4.85. The van der Waals surface area contributed by atoms with Crippen LogP contribution in [0.25, 0.3) is 0 Å². The van der Waals surface area contributed by atoms with E-state index in [-0.39, 0.29) is 24.6 Å². The number of hydrogen-bond acceptors (Lipinski definition) is 5. The Labute approximate surface area is 92.3 Å². The van der Waals surface area contributed by atoms with Crippen molar-refractivity contribution in [3.05, 3.63) is 23.7 Å². The Hall–Kier alpha value is -1.38. The van der Waals surface area contributed by atoms with E-state index < -0.39 is 16.0 Å². The van der Waals surface area contributed by atoms with Gasteiger partial charge in [0.1, 0.15) is 5.76 Å².